The third-order valence-corrected chi connectivity index (χ3v) is 4.43. The molecule has 1 aliphatic heterocycles. The van der Waals surface area contributed by atoms with E-state index in [4.69, 9.17) is 0 Å². The Kier molecular flexibility index (Phi) is 3.54. The zero-order chi connectivity index (χ0) is 16.9. The second-order valence-corrected chi connectivity index (χ2v) is 6.13. The minimum absolute atomic E-state index is 0.165. The van der Waals surface area contributed by atoms with E-state index in [1.165, 1.54) is 16.9 Å². The van der Waals surface area contributed by atoms with Gasteiger partial charge in [-0.1, -0.05) is 0 Å². The van der Waals surface area contributed by atoms with Crippen LogP contribution in [0.2, 0.25) is 0 Å². The van der Waals surface area contributed by atoms with Gasteiger partial charge < -0.3 is 9.80 Å². The van der Waals surface area contributed by atoms with Crippen LogP contribution in [0, 0.1) is 0 Å². The average molecular weight is 324 g/mol. The van der Waals surface area contributed by atoms with Crippen molar-refractivity contribution in [3.8, 4) is 11.1 Å². The molecule has 1 aliphatic rings. The molecule has 3 rings (SSSR count). The predicted molar refractivity (Wildman–Crippen MR) is 84.8 cm³/mol. The quantitative estimate of drug-likeness (QED) is 0.804. The first-order chi connectivity index (χ1) is 10.7. The van der Waals surface area contributed by atoms with Crippen LogP contribution in [0.3, 0.4) is 0 Å². The molecule has 0 saturated heterocycles. The SMILES string of the molecule is C[C@H]1CN(C)c2cc(C(F)(F)F)c(-c3cnn(C)c3)cc2N1C. The van der Waals surface area contributed by atoms with Crippen molar-refractivity contribution in [2.45, 2.75) is 19.1 Å². The number of nitrogens with zero attached hydrogens (tertiary/aromatic N) is 4. The standard InChI is InChI=1S/C16H19F3N4/c1-10-8-21(2)14-6-13(16(17,18)19)12(5-15(14)23(10)4)11-7-20-22(3)9-11/h5-7,9-10H,8H2,1-4H3/t10-/m0/s1. The van der Waals surface area contributed by atoms with Crippen LogP contribution in [0.4, 0.5) is 24.5 Å². The van der Waals surface area contributed by atoms with Gasteiger partial charge in [-0.2, -0.15) is 18.3 Å². The van der Waals surface area contributed by atoms with E-state index in [2.05, 4.69) is 12.0 Å². The van der Waals surface area contributed by atoms with Gasteiger partial charge in [0.05, 0.1) is 23.1 Å². The molecule has 0 fully saturated rings. The van der Waals surface area contributed by atoms with Crippen molar-refractivity contribution < 1.29 is 13.2 Å². The molecule has 1 aromatic carbocycles. The fraction of sp³-hybridized carbons (Fsp3) is 0.438. The van der Waals surface area contributed by atoms with Gasteiger partial charge in [0.15, 0.2) is 0 Å². The number of halogens is 3. The molecule has 2 heterocycles. The lowest BCUT2D eigenvalue weighted by Crippen LogP contribution is -2.44. The number of aryl methyl sites for hydroxylation is 1. The van der Waals surface area contributed by atoms with Crippen molar-refractivity contribution in [1.82, 2.24) is 9.78 Å². The van der Waals surface area contributed by atoms with Crippen LogP contribution in [-0.2, 0) is 13.2 Å². The smallest absolute Gasteiger partial charge is 0.371 e. The van der Waals surface area contributed by atoms with Gasteiger partial charge in [-0.15, -0.1) is 0 Å². The maximum atomic E-state index is 13.6. The molecule has 0 saturated carbocycles. The zero-order valence-electron chi connectivity index (χ0n) is 13.5. The van der Waals surface area contributed by atoms with Crippen LogP contribution in [-0.4, -0.2) is 36.5 Å². The van der Waals surface area contributed by atoms with Gasteiger partial charge in [-0.25, -0.2) is 0 Å². The molecule has 1 aromatic heterocycles. The molecule has 0 aliphatic carbocycles. The highest BCUT2D eigenvalue weighted by Gasteiger charge is 2.37. The summed E-state index contributed by atoms with van der Waals surface area (Å²) in [6.07, 6.45) is -1.34. The lowest BCUT2D eigenvalue weighted by atomic mass is 9.97. The Morgan fingerprint density at radius 3 is 2.39 bits per heavy atom. The van der Waals surface area contributed by atoms with Crippen LogP contribution in [0.1, 0.15) is 12.5 Å². The van der Waals surface area contributed by atoms with Crippen LogP contribution < -0.4 is 9.80 Å². The Labute approximate surface area is 133 Å². The van der Waals surface area contributed by atoms with Crippen molar-refractivity contribution >= 4 is 11.4 Å². The van der Waals surface area contributed by atoms with Gasteiger partial charge in [0.1, 0.15) is 0 Å². The van der Waals surface area contributed by atoms with E-state index in [1.54, 1.807) is 19.3 Å². The fourth-order valence-electron chi connectivity index (χ4n) is 3.05. The Bertz CT molecular complexity index is 735. The zero-order valence-corrected chi connectivity index (χ0v) is 13.5. The van der Waals surface area contributed by atoms with E-state index in [-0.39, 0.29) is 11.6 Å². The third kappa shape index (κ3) is 2.64. The van der Waals surface area contributed by atoms with Crippen molar-refractivity contribution in [1.29, 1.82) is 0 Å². The monoisotopic (exact) mass is 324 g/mol. The third-order valence-electron chi connectivity index (χ3n) is 4.43. The molecule has 0 radical (unpaired) electrons. The summed E-state index contributed by atoms with van der Waals surface area (Å²) in [5.41, 5.74) is 1.42. The summed E-state index contributed by atoms with van der Waals surface area (Å²) >= 11 is 0. The first-order valence-electron chi connectivity index (χ1n) is 7.36. The summed E-state index contributed by atoms with van der Waals surface area (Å²) in [4.78, 5) is 3.90. The molecule has 0 N–H and O–H groups in total. The molecule has 23 heavy (non-hydrogen) atoms. The lowest BCUT2D eigenvalue weighted by molar-refractivity contribution is -0.137. The first kappa shape index (κ1) is 15.7. The number of fused-ring (bicyclic) bond motifs is 1. The second-order valence-electron chi connectivity index (χ2n) is 6.13. The Hall–Kier alpha value is -2.18. The summed E-state index contributed by atoms with van der Waals surface area (Å²) < 4.78 is 42.2. The number of aromatic nitrogens is 2. The molecule has 0 unspecified atom stereocenters. The Morgan fingerprint density at radius 1 is 1.13 bits per heavy atom. The summed E-state index contributed by atoms with van der Waals surface area (Å²) in [6.45, 7) is 2.74. The summed E-state index contributed by atoms with van der Waals surface area (Å²) in [7, 11) is 5.43. The van der Waals surface area contributed by atoms with Crippen LogP contribution >= 0.6 is 0 Å². The number of rotatable bonds is 1. The van der Waals surface area contributed by atoms with Crippen LogP contribution in [0.15, 0.2) is 24.5 Å². The minimum Gasteiger partial charge on any atom is -0.371 e. The highest BCUT2D eigenvalue weighted by molar-refractivity contribution is 5.82. The minimum atomic E-state index is -4.41. The van der Waals surface area contributed by atoms with Gasteiger partial charge in [0, 0.05) is 45.5 Å². The normalized spacial score (nSPS) is 18.3. The van der Waals surface area contributed by atoms with E-state index in [0.717, 1.165) is 5.69 Å². The molecule has 0 spiro atoms. The molecule has 1 atom stereocenters. The fourth-order valence-corrected chi connectivity index (χ4v) is 3.05. The van der Waals surface area contributed by atoms with Gasteiger partial charge in [0.25, 0.3) is 0 Å². The summed E-state index contributed by atoms with van der Waals surface area (Å²) in [5.74, 6) is 0. The van der Waals surface area contributed by atoms with Crippen molar-refractivity contribution in [2.24, 2.45) is 7.05 Å². The molecule has 124 valence electrons. The number of hydrogen-bond acceptors (Lipinski definition) is 3. The first-order valence-corrected chi connectivity index (χ1v) is 7.36. The second kappa shape index (κ2) is 5.18. The number of likely N-dealkylation sites (N-methyl/N-ethyl adjacent to an activating group) is 2. The highest BCUT2D eigenvalue weighted by atomic mass is 19.4. The topological polar surface area (TPSA) is 24.3 Å². The van der Waals surface area contributed by atoms with Crippen LogP contribution in [0.25, 0.3) is 11.1 Å². The van der Waals surface area contributed by atoms with Crippen molar-refractivity contribution in [3.63, 3.8) is 0 Å². The molecule has 4 nitrogen and oxygen atoms in total. The van der Waals surface area contributed by atoms with Gasteiger partial charge in [-0.3, -0.25) is 4.68 Å². The van der Waals surface area contributed by atoms with E-state index < -0.39 is 11.7 Å². The van der Waals surface area contributed by atoms with E-state index in [0.29, 0.717) is 17.8 Å². The number of hydrogen-bond donors (Lipinski definition) is 0. The number of anilines is 2. The Balaban J connectivity index is 2.26. The lowest BCUT2D eigenvalue weighted by Gasteiger charge is -2.40. The Morgan fingerprint density at radius 2 is 1.83 bits per heavy atom. The number of alkyl halides is 3. The largest absolute Gasteiger partial charge is 0.417 e. The summed E-state index contributed by atoms with van der Waals surface area (Å²) in [6, 6.07) is 3.10. The van der Waals surface area contributed by atoms with Gasteiger partial charge in [0.2, 0.25) is 0 Å². The van der Waals surface area contributed by atoms with Gasteiger partial charge >= 0.3 is 6.18 Å². The molecule has 0 amide bonds. The van der Waals surface area contributed by atoms with Crippen LogP contribution in [0.5, 0.6) is 0 Å². The van der Waals surface area contributed by atoms with E-state index in [1.807, 2.05) is 23.9 Å². The summed E-state index contributed by atoms with van der Waals surface area (Å²) in [5, 5.41) is 4.00. The molecule has 0 bridgehead atoms. The predicted octanol–water partition coefficient (Wildman–Crippen LogP) is 3.38. The molecule has 7 heteroatoms. The van der Waals surface area contributed by atoms with Crippen molar-refractivity contribution in [2.75, 3.05) is 30.4 Å². The molecular weight excluding hydrogens is 305 g/mol. The van der Waals surface area contributed by atoms with Crippen molar-refractivity contribution in [3.05, 3.63) is 30.1 Å². The van der Waals surface area contributed by atoms with Gasteiger partial charge in [-0.05, 0) is 24.6 Å². The number of benzene rings is 1. The average Bonchev–Trinajstić information content (AvgIpc) is 2.89. The van der Waals surface area contributed by atoms with E-state index in [9.17, 15) is 13.2 Å². The molecule has 2 aromatic rings. The molecular formula is C16H19F3N4. The highest BCUT2D eigenvalue weighted by Crippen LogP contribution is 2.44. The van der Waals surface area contributed by atoms with E-state index >= 15 is 0 Å². The maximum absolute atomic E-state index is 13.6. The maximum Gasteiger partial charge on any atom is 0.417 e.